The van der Waals surface area contributed by atoms with Crippen LogP contribution in [0.4, 0.5) is 16.2 Å². The molecule has 0 atom stereocenters. The van der Waals surface area contributed by atoms with E-state index in [0.29, 0.717) is 23.5 Å². The second-order valence-electron chi connectivity index (χ2n) is 6.21. The van der Waals surface area contributed by atoms with E-state index in [1.807, 2.05) is 32.0 Å². The number of allylic oxidation sites excluding steroid dienone is 3. The van der Waals surface area contributed by atoms with Crippen LogP contribution in [-0.4, -0.2) is 49.5 Å². The van der Waals surface area contributed by atoms with Gasteiger partial charge in [-0.3, -0.25) is 10.1 Å². The van der Waals surface area contributed by atoms with Gasteiger partial charge in [0.25, 0.3) is 0 Å². The number of hydrogen-bond donors (Lipinski definition) is 2. The van der Waals surface area contributed by atoms with Crippen LogP contribution < -0.4 is 10.2 Å². The first-order valence-corrected chi connectivity index (χ1v) is 9.23. The molecule has 7 nitrogen and oxygen atoms in total. The Kier molecular flexibility index (Phi) is 7.37. The number of aliphatic hydroxyl groups excluding tert-OH is 1. The fourth-order valence-corrected chi connectivity index (χ4v) is 2.96. The van der Waals surface area contributed by atoms with Crippen LogP contribution in [0.5, 0.6) is 0 Å². The maximum absolute atomic E-state index is 12.3. The molecule has 0 saturated heterocycles. The van der Waals surface area contributed by atoms with Gasteiger partial charge >= 0.3 is 6.09 Å². The number of anilines is 1. The summed E-state index contributed by atoms with van der Waals surface area (Å²) in [5, 5.41) is 11.6. The molecule has 0 unspecified atom stereocenters. The fraction of sp³-hybridized carbons (Fsp3) is 0.350. The lowest BCUT2D eigenvalue weighted by atomic mass is 10.0. The van der Waals surface area contributed by atoms with Crippen LogP contribution in [0.1, 0.15) is 19.4 Å². The lowest BCUT2D eigenvalue weighted by molar-refractivity contribution is -0.112. The molecular weight excluding hydrogens is 382 g/mol. The number of nitrogens with zero attached hydrogens (tertiary/aromatic N) is 2. The highest BCUT2D eigenvalue weighted by atomic mass is 35.5. The number of halogens is 1. The number of likely N-dealkylation sites (N-methyl/N-ethyl adjacent to an activating group) is 1. The van der Waals surface area contributed by atoms with Crippen LogP contribution in [0, 0.1) is 6.92 Å². The lowest BCUT2D eigenvalue weighted by Crippen LogP contribution is -2.30. The standard InChI is InChI=1S/C20H24ClN3O4/c1-5-24(8-9-25)14-6-7-15(12(2)10-14)22-16-11-17(23-20(27)28-4)19(26)18(21)13(16)3/h6-7,10-11,25H,5,8-9H2,1-4H3,(H,23,27)/b22-16+. The number of alkyl carbamates (subject to hydrolysis) is 1. The predicted molar refractivity (Wildman–Crippen MR) is 110 cm³/mol. The number of benzene rings is 1. The van der Waals surface area contributed by atoms with Crippen molar-refractivity contribution in [3.63, 3.8) is 0 Å². The number of aliphatic imine (C=N–C) groups is 1. The molecule has 1 aromatic carbocycles. The molecule has 0 spiro atoms. The summed E-state index contributed by atoms with van der Waals surface area (Å²) >= 11 is 6.15. The number of ketones is 1. The summed E-state index contributed by atoms with van der Waals surface area (Å²) < 4.78 is 4.54. The van der Waals surface area contributed by atoms with E-state index >= 15 is 0 Å². The number of carbonyl (C=O) groups is 2. The summed E-state index contributed by atoms with van der Waals surface area (Å²) in [5.41, 5.74) is 3.65. The quantitative estimate of drug-likeness (QED) is 0.709. The van der Waals surface area contributed by atoms with E-state index in [1.54, 1.807) is 6.92 Å². The largest absolute Gasteiger partial charge is 0.453 e. The third-order valence-electron chi connectivity index (χ3n) is 4.40. The number of Topliss-reactive ketones (excluding diaryl/α,β-unsaturated/α-hetero) is 1. The number of hydrogen-bond acceptors (Lipinski definition) is 6. The number of rotatable bonds is 6. The van der Waals surface area contributed by atoms with Gasteiger partial charge in [-0.2, -0.15) is 0 Å². The SMILES string of the molecule is CCN(CCO)c1ccc(/N=C2\C=C(NC(=O)OC)C(=O)C(Cl)=C2C)c(C)c1. The number of aliphatic hydroxyl groups is 1. The number of amides is 1. The normalized spacial score (nSPS) is 15.6. The van der Waals surface area contributed by atoms with Gasteiger partial charge in [0.2, 0.25) is 5.78 Å². The molecule has 0 saturated carbocycles. The molecule has 0 heterocycles. The lowest BCUT2D eigenvalue weighted by Gasteiger charge is -2.23. The molecule has 1 aliphatic rings. The van der Waals surface area contributed by atoms with Gasteiger partial charge in [-0.15, -0.1) is 0 Å². The van der Waals surface area contributed by atoms with Gasteiger partial charge in [0.15, 0.2) is 0 Å². The highest BCUT2D eigenvalue weighted by Gasteiger charge is 2.25. The molecule has 0 aromatic heterocycles. The molecule has 2 rings (SSSR count). The monoisotopic (exact) mass is 405 g/mol. The minimum atomic E-state index is -0.757. The van der Waals surface area contributed by atoms with Crippen LogP contribution in [-0.2, 0) is 9.53 Å². The van der Waals surface area contributed by atoms with Crippen LogP contribution in [0.15, 0.2) is 45.6 Å². The van der Waals surface area contributed by atoms with Crippen LogP contribution in [0.3, 0.4) is 0 Å². The van der Waals surface area contributed by atoms with E-state index in [1.165, 1.54) is 13.2 Å². The fourth-order valence-electron chi connectivity index (χ4n) is 2.76. The molecule has 0 aliphatic heterocycles. The van der Waals surface area contributed by atoms with E-state index in [4.69, 9.17) is 11.6 Å². The summed E-state index contributed by atoms with van der Waals surface area (Å²) in [4.78, 5) is 30.4. The first-order chi connectivity index (χ1) is 13.3. The van der Waals surface area contributed by atoms with Gasteiger partial charge in [0.05, 0.1) is 35.8 Å². The van der Waals surface area contributed by atoms with E-state index in [-0.39, 0.29) is 17.3 Å². The van der Waals surface area contributed by atoms with Crippen molar-refractivity contribution in [1.29, 1.82) is 0 Å². The zero-order valence-corrected chi connectivity index (χ0v) is 17.1. The maximum Gasteiger partial charge on any atom is 0.411 e. The number of ether oxygens (including phenoxy) is 1. The van der Waals surface area contributed by atoms with E-state index in [2.05, 4.69) is 19.9 Å². The van der Waals surface area contributed by atoms with Crippen LogP contribution in [0.25, 0.3) is 0 Å². The second kappa shape index (κ2) is 9.52. The maximum atomic E-state index is 12.3. The van der Waals surface area contributed by atoms with Crippen molar-refractivity contribution in [1.82, 2.24) is 5.32 Å². The van der Waals surface area contributed by atoms with Crippen molar-refractivity contribution < 1.29 is 19.4 Å². The Hall–Kier alpha value is -2.64. The first-order valence-electron chi connectivity index (χ1n) is 8.85. The van der Waals surface area contributed by atoms with Crippen molar-refractivity contribution in [3.05, 3.63) is 46.1 Å². The summed E-state index contributed by atoms with van der Waals surface area (Å²) in [6.45, 7) is 7.06. The van der Waals surface area contributed by atoms with E-state index < -0.39 is 11.9 Å². The Labute approximate surface area is 169 Å². The highest BCUT2D eigenvalue weighted by molar-refractivity contribution is 6.49. The number of nitrogens with one attached hydrogen (secondary N) is 1. The van der Waals surface area contributed by atoms with Crippen molar-refractivity contribution in [2.45, 2.75) is 20.8 Å². The Morgan fingerprint density at radius 2 is 2.07 bits per heavy atom. The third-order valence-corrected chi connectivity index (χ3v) is 4.85. The van der Waals surface area contributed by atoms with Crippen molar-refractivity contribution in [2.24, 2.45) is 4.99 Å². The Morgan fingerprint density at radius 1 is 1.36 bits per heavy atom. The van der Waals surface area contributed by atoms with Gasteiger partial charge < -0.3 is 14.7 Å². The summed E-state index contributed by atoms with van der Waals surface area (Å²) in [6.07, 6.45) is 0.727. The molecular formula is C20H24ClN3O4. The third kappa shape index (κ3) is 4.79. The van der Waals surface area contributed by atoms with Crippen molar-refractivity contribution >= 4 is 40.6 Å². The van der Waals surface area contributed by atoms with Crippen LogP contribution >= 0.6 is 11.6 Å². The summed E-state index contributed by atoms with van der Waals surface area (Å²) in [7, 11) is 1.21. The average molecular weight is 406 g/mol. The number of methoxy groups -OCH3 is 1. The Morgan fingerprint density at radius 3 is 2.64 bits per heavy atom. The zero-order chi connectivity index (χ0) is 20.8. The number of aryl methyl sites for hydroxylation is 1. The van der Waals surface area contributed by atoms with Gasteiger partial charge in [-0.05, 0) is 56.2 Å². The minimum absolute atomic E-state index is 0.00188. The number of carbonyl (C=O) groups excluding carboxylic acids is 2. The Balaban J connectivity index is 2.41. The Bertz CT molecular complexity index is 874. The van der Waals surface area contributed by atoms with E-state index in [0.717, 1.165) is 17.8 Å². The molecule has 2 N–H and O–H groups in total. The summed E-state index contributed by atoms with van der Waals surface area (Å²) in [5.74, 6) is -0.488. The van der Waals surface area contributed by atoms with Crippen molar-refractivity contribution in [2.75, 3.05) is 31.7 Å². The topological polar surface area (TPSA) is 91.2 Å². The molecule has 8 heteroatoms. The zero-order valence-electron chi connectivity index (χ0n) is 16.4. The average Bonchev–Trinajstić information content (AvgIpc) is 2.69. The molecule has 0 radical (unpaired) electrons. The molecule has 1 aromatic rings. The molecule has 1 amide bonds. The molecule has 150 valence electrons. The smallest absolute Gasteiger partial charge is 0.411 e. The van der Waals surface area contributed by atoms with E-state index in [9.17, 15) is 14.7 Å². The van der Waals surface area contributed by atoms with Gasteiger partial charge in [0, 0.05) is 18.8 Å². The highest BCUT2D eigenvalue weighted by Crippen LogP contribution is 2.28. The molecule has 0 fully saturated rings. The first kappa shape index (κ1) is 21.7. The summed E-state index contributed by atoms with van der Waals surface area (Å²) in [6, 6.07) is 5.79. The molecule has 28 heavy (non-hydrogen) atoms. The van der Waals surface area contributed by atoms with Gasteiger partial charge in [-0.25, -0.2) is 9.79 Å². The predicted octanol–water partition coefficient (Wildman–Crippen LogP) is 3.22. The van der Waals surface area contributed by atoms with Gasteiger partial charge in [0.1, 0.15) is 0 Å². The molecule has 0 bridgehead atoms. The van der Waals surface area contributed by atoms with Gasteiger partial charge in [-0.1, -0.05) is 11.6 Å². The molecule has 1 aliphatic carbocycles. The minimum Gasteiger partial charge on any atom is -0.453 e. The van der Waals surface area contributed by atoms with Crippen LogP contribution in [0.2, 0.25) is 0 Å². The second-order valence-corrected chi connectivity index (χ2v) is 6.59. The van der Waals surface area contributed by atoms with Crippen molar-refractivity contribution in [3.8, 4) is 0 Å².